The summed E-state index contributed by atoms with van der Waals surface area (Å²) in [6.45, 7) is 0.673. The summed E-state index contributed by atoms with van der Waals surface area (Å²) in [4.78, 5) is 20.0. The zero-order valence-electron chi connectivity index (χ0n) is 12.2. The normalized spacial score (nSPS) is 19.4. The van der Waals surface area contributed by atoms with E-state index in [0.717, 1.165) is 5.69 Å². The van der Waals surface area contributed by atoms with E-state index in [1.165, 1.54) is 6.20 Å². The van der Waals surface area contributed by atoms with Crippen LogP contribution in [0.5, 0.6) is 0 Å². The Labute approximate surface area is 124 Å². The number of carbonyl (C=O) groups excluding carboxylic acids is 1. The fraction of sp³-hybridized carbons (Fsp3) is 0.538. The third-order valence-electron chi connectivity index (χ3n) is 3.64. The summed E-state index contributed by atoms with van der Waals surface area (Å²) in [5.74, 6) is -0.208. The van der Waals surface area contributed by atoms with Crippen molar-refractivity contribution in [1.82, 2.24) is 9.88 Å². The maximum absolute atomic E-state index is 12.6. The van der Waals surface area contributed by atoms with E-state index in [9.17, 15) is 13.2 Å². The van der Waals surface area contributed by atoms with Crippen LogP contribution in [0.1, 0.15) is 23.2 Å². The summed E-state index contributed by atoms with van der Waals surface area (Å²) in [6, 6.07) is 1.76. The standard InChI is InChI=1S/C13H20N4O3S/c1-16(2)12-5-6-15-8-11(12)13(18)17-7-3-4-10(9-17)21(14,19)20/h5-6,8,10H,3-4,7,9H2,1-2H3,(H2,14,19,20). The van der Waals surface area contributed by atoms with Crippen molar-refractivity contribution in [3.8, 4) is 0 Å². The lowest BCUT2D eigenvalue weighted by molar-refractivity contribution is 0.0727. The number of piperidine rings is 1. The molecule has 0 aromatic carbocycles. The Balaban J connectivity index is 2.24. The van der Waals surface area contributed by atoms with Crippen LogP contribution < -0.4 is 10.0 Å². The molecule has 1 aromatic rings. The number of sulfonamides is 1. The number of primary sulfonamides is 1. The smallest absolute Gasteiger partial charge is 0.257 e. The Morgan fingerprint density at radius 1 is 1.48 bits per heavy atom. The van der Waals surface area contributed by atoms with Gasteiger partial charge in [-0.15, -0.1) is 0 Å². The molecule has 2 N–H and O–H groups in total. The van der Waals surface area contributed by atoms with Gasteiger partial charge in [-0.3, -0.25) is 9.78 Å². The molecule has 0 saturated carbocycles. The van der Waals surface area contributed by atoms with Crippen LogP contribution in [0.2, 0.25) is 0 Å². The highest BCUT2D eigenvalue weighted by Crippen LogP contribution is 2.22. The minimum Gasteiger partial charge on any atom is -0.377 e. The van der Waals surface area contributed by atoms with E-state index in [0.29, 0.717) is 24.9 Å². The number of hydrogen-bond acceptors (Lipinski definition) is 5. The van der Waals surface area contributed by atoms with Gasteiger partial charge in [-0.25, -0.2) is 13.6 Å². The average molecular weight is 312 g/mol. The van der Waals surface area contributed by atoms with Gasteiger partial charge in [-0.1, -0.05) is 0 Å². The first kappa shape index (κ1) is 15.7. The van der Waals surface area contributed by atoms with Gasteiger partial charge in [0, 0.05) is 39.6 Å². The van der Waals surface area contributed by atoms with E-state index in [4.69, 9.17) is 5.14 Å². The molecular weight excluding hydrogens is 292 g/mol. The zero-order valence-corrected chi connectivity index (χ0v) is 13.0. The van der Waals surface area contributed by atoms with Crippen LogP contribution >= 0.6 is 0 Å². The van der Waals surface area contributed by atoms with Crippen molar-refractivity contribution in [2.45, 2.75) is 18.1 Å². The first-order chi connectivity index (χ1) is 9.80. The third kappa shape index (κ3) is 3.51. The molecule has 1 fully saturated rings. The summed E-state index contributed by atoms with van der Waals surface area (Å²) in [7, 11) is 0.0646. The van der Waals surface area contributed by atoms with Crippen LogP contribution in [0.4, 0.5) is 5.69 Å². The minimum atomic E-state index is -3.62. The van der Waals surface area contributed by atoms with Gasteiger partial charge in [-0.05, 0) is 18.9 Å². The number of anilines is 1. The van der Waals surface area contributed by atoms with E-state index in [1.54, 1.807) is 17.2 Å². The Morgan fingerprint density at radius 2 is 2.19 bits per heavy atom. The molecular formula is C13H20N4O3S. The largest absolute Gasteiger partial charge is 0.377 e. The number of aromatic nitrogens is 1. The number of amides is 1. The Hall–Kier alpha value is -1.67. The third-order valence-corrected chi connectivity index (χ3v) is 4.95. The molecule has 2 rings (SSSR count). The molecule has 1 saturated heterocycles. The molecule has 1 amide bonds. The number of hydrogen-bond donors (Lipinski definition) is 1. The summed E-state index contributed by atoms with van der Waals surface area (Å²) in [5, 5.41) is 4.52. The fourth-order valence-corrected chi connectivity index (χ4v) is 3.39. The summed E-state index contributed by atoms with van der Waals surface area (Å²) in [6.07, 6.45) is 4.26. The molecule has 0 radical (unpaired) electrons. The van der Waals surface area contributed by atoms with Crippen molar-refractivity contribution in [2.24, 2.45) is 5.14 Å². The molecule has 1 aliphatic rings. The fourth-order valence-electron chi connectivity index (χ4n) is 2.50. The van der Waals surface area contributed by atoms with Gasteiger partial charge in [0.2, 0.25) is 10.0 Å². The minimum absolute atomic E-state index is 0.138. The molecule has 2 heterocycles. The Bertz CT molecular complexity index is 630. The molecule has 1 atom stereocenters. The lowest BCUT2D eigenvalue weighted by Crippen LogP contribution is -2.47. The summed E-state index contributed by atoms with van der Waals surface area (Å²) >= 11 is 0. The van der Waals surface area contributed by atoms with Crippen LogP contribution in [0.15, 0.2) is 18.5 Å². The molecule has 21 heavy (non-hydrogen) atoms. The van der Waals surface area contributed by atoms with E-state index in [1.807, 2.05) is 19.0 Å². The summed E-state index contributed by atoms with van der Waals surface area (Å²) < 4.78 is 23.0. The number of carbonyl (C=O) groups is 1. The van der Waals surface area contributed by atoms with E-state index >= 15 is 0 Å². The lowest BCUT2D eigenvalue weighted by atomic mass is 10.1. The highest BCUT2D eigenvalue weighted by Gasteiger charge is 2.31. The van der Waals surface area contributed by atoms with E-state index in [-0.39, 0.29) is 12.5 Å². The van der Waals surface area contributed by atoms with Crippen LogP contribution in [-0.2, 0) is 10.0 Å². The van der Waals surface area contributed by atoms with Crippen LogP contribution in [-0.4, -0.2) is 56.6 Å². The second-order valence-corrected chi connectivity index (χ2v) is 7.24. The maximum Gasteiger partial charge on any atom is 0.257 e. The van der Waals surface area contributed by atoms with E-state index in [2.05, 4.69) is 4.98 Å². The zero-order chi connectivity index (χ0) is 15.6. The van der Waals surface area contributed by atoms with Crippen molar-refractivity contribution in [3.05, 3.63) is 24.0 Å². The van der Waals surface area contributed by atoms with Gasteiger partial charge in [-0.2, -0.15) is 0 Å². The molecule has 0 bridgehead atoms. The molecule has 0 aliphatic carbocycles. The molecule has 1 aromatic heterocycles. The second-order valence-electron chi connectivity index (χ2n) is 5.39. The molecule has 1 aliphatic heterocycles. The number of nitrogens with two attached hydrogens (primary N) is 1. The molecule has 8 heteroatoms. The lowest BCUT2D eigenvalue weighted by Gasteiger charge is -2.32. The van der Waals surface area contributed by atoms with Gasteiger partial charge in [0.15, 0.2) is 0 Å². The second kappa shape index (κ2) is 5.98. The molecule has 116 valence electrons. The first-order valence-corrected chi connectivity index (χ1v) is 8.34. The van der Waals surface area contributed by atoms with Gasteiger partial charge in [0.25, 0.3) is 5.91 Å². The van der Waals surface area contributed by atoms with Crippen molar-refractivity contribution >= 4 is 21.6 Å². The average Bonchev–Trinajstić information content (AvgIpc) is 2.45. The van der Waals surface area contributed by atoms with Crippen LogP contribution in [0.3, 0.4) is 0 Å². The quantitative estimate of drug-likeness (QED) is 0.850. The van der Waals surface area contributed by atoms with Gasteiger partial charge < -0.3 is 9.80 Å². The van der Waals surface area contributed by atoms with Crippen LogP contribution in [0.25, 0.3) is 0 Å². The van der Waals surface area contributed by atoms with Crippen molar-refractivity contribution in [3.63, 3.8) is 0 Å². The van der Waals surface area contributed by atoms with Gasteiger partial charge in [0.1, 0.15) is 0 Å². The molecule has 0 spiro atoms. The van der Waals surface area contributed by atoms with Gasteiger partial charge in [0.05, 0.1) is 16.5 Å². The van der Waals surface area contributed by atoms with E-state index < -0.39 is 15.3 Å². The van der Waals surface area contributed by atoms with Crippen LogP contribution in [0, 0.1) is 0 Å². The number of rotatable bonds is 3. The first-order valence-electron chi connectivity index (χ1n) is 6.73. The molecule has 7 nitrogen and oxygen atoms in total. The topological polar surface area (TPSA) is 96.6 Å². The predicted octanol–water partition coefficient (Wildman–Crippen LogP) is 0.0407. The summed E-state index contributed by atoms with van der Waals surface area (Å²) in [5.41, 5.74) is 1.23. The van der Waals surface area contributed by atoms with Gasteiger partial charge >= 0.3 is 0 Å². The SMILES string of the molecule is CN(C)c1ccncc1C(=O)N1CCCC(S(N)(=O)=O)C1. The van der Waals surface area contributed by atoms with Crippen molar-refractivity contribution < 1.29 is 13.2 Å². The monoisotopic (exact) mass is 312 g/mol. The predicted molar refractivity (Wildman–Crippen MR) is 80.6 cm³/mol. The maximum atomic E-state index is 12.6. The Kier molecular flexibility index (Phi) is 4.48. The number of pyridine rings is 1. The number of nitrogens with zero attached hydrogens (tertiary/aromatic N) is 3. The van der Waals surface area contributed by atoms with Crippen molar-refractivity contribution in [1.29, 1.82) is 0 Å². The Morgan fingerprint density at radius 3 is 2.81 bits per heavy atom. The van der Waals surface area contributed by atoms with Crippen molar-refractivity contribution in [2.75, 3.05) is 32.1 Å². The number of likely N-dealkylation sites (tertiary alicyclic amines) is 1. The molecule has 1 unspecified atom stereocenters. The highest BCUT2D eigenvalue weighted by molar-refractivity contribution is 7.89. The highest BCUT2D eigenvalue weighted by atomic mass is 32.2.